The van der Waals surface area contributed by atoms with Gasteiger partial charge in [0.25, 0.3) is 0 Å². The van der Waals surface area contributed by atoms with Crippen LogP contribution in [0.3, 0.4) is 0 Å². The molecule has 2 heteroatoms. The number of aliphatic hydroxyl groups is 1. The van der Waals surface area contributed by atoms with Gasteiger partial charge in [0, 0.05) is 4.47 Å². The van der Waals surface area contributed by atoms with Crippen LogP contribution in [0.25, 0.3) is 0 Å². The first-order valence-corrected chi connectivity index (χ1v) is 4.95. The van der Waals surface area contributed by atoms with E-state index < -0.39 is 0 Å². The van der Waals surface area contributed by atoms with Crippen LogP contribution >= 0.6 is 15.9 Å². The Labute approximate surface area is 81.6 Å². The van der Waals surface area contributed by atoms with Gasteiger partial charge in [-0.15, -0.1) is 0 Å². The molecule has 0 aliphatic heterocycles. The molecule has 0 radical (unpaired) electrons. The van der Waals surface area contributed by atoms with E-state index in [0.717, 1.165) is 22.9 Å². The van der Waals surface area contributed by atoms with Crippen LogP contribution in [-0.2, 0) is 13.0 Å². The van der Waals surface area contributed by atoms with Gasteiger partial charge in [0.2, 0.25) is 0 Å². The first kappa shape index (κ1) is 9.75. The Balaban J connectivity index is 2.91. The summed E-state index contributed by atoms with van der Waals surface area (Å²) in [6.45, 7) is 2.28. The fourth-order valence-electron chi connectivity index (χ4n) is 1.19. The molecule has 1 rings (SSSR count). The Hall–Kier alpha value is -0.340. The van der Waals surface area contributed by atoms with Gasteiger partial charge < -0.3 is 5.11 Å². The molecular formula is C10H13BrO. The number of benzene rings is 1. The average Bonchev–Trinajstić information content (AvgIpc) is 2.09. The summed E-state index contributed by atoms with van der Waals surface area (Å²) >= 11 is 3.48. The summed E-state index contributed by atoms with van der Waals surface area (Å²) in [6.07, 6.45) is 2.20. The summed E-state index contributed by atoms with van der Waals surface area (Å²) in [7, 11) is 0. The van der Waals surface area contributed by atoms with E-state index in [2.05, 4.69) is 22.9 Å². The molecule has 1 aromatic carbocycles. The first-order valence-electron chi connectivity index (χ1n) is 4.16. The van der Waals surface area contributed by atoms with Crippen LogP contribution < -0.4 is 0 Å². The molecule has 0 amide bonds. The minimum Gasteiger partial charge on any atom is -0.392 e. The zero-order valence-corrected chi connectivity index (χ0v) is 8.76. The molecule has 0 unspecified atom stereocenters. The van der Waals surface area contributed by atoms with Gasteiger partial charge in [0.1, 0.15) is 0 Å². The second kappa shape index (κ2) is 4.63. The van der Waals surface area contributed by atoms with Crippen molar-refractivity contribution in [3.05, 3.63) is 33.8 Å². The minimum absolute atomic E-state index is 0.129. The summed E-state index contributed by atoms with van der Waals surface area (Å²) in [6, 6.07) is 5.98. The van der Waals surface area contributed by atoms with E-state index in [1.54, 1.807) is 0 Å². The standard InChI is InChI=1S/C10H13BrO/c1-2-3-9-6-8(7-12)4-5-10(9)11/h4-6,12H,2-3,7H2,1H3. The van der Waals surface area contributed by atoms with Crippen LogP contribution in [0.1, 0.15) is 24.5 Å². The van der Waals surface area contributed by atoms with Crippen LogP contribution in [0, 0.1) is 0 Å². The van der Waals surface area contributed by atoms with Gasteiger partial charge in [-0.25, -0.2) is 0 Å². The Kier molecular flexibility index (Phi) is 3.76. The SMILES string of the molecule is CCCc1cc(CO)ccc1Br. The molecule has 0 saturated carbocycles. The average molecular weight is 229 g/mol. The third kappa shape index (κ3) is 2.32. The van der Waals surface area contributed by atoms with E-state index in [1.165, 1.54) is 5.56 Å². The zero-order valence-electron chi connectivity index (χ0n) is 7.18. The molecule has 1 aromatic rings. The van der Waals surface area contributed by atoms with E-state index in [9.17, 15) is 0 Å². The van der Waals surface area contributed by atoms with Crippen molar-refractivity contribution in [1.29, 1.82) is 0 Å². The molecule has 0 aromatic heterocycles. The van der Waals surface area contributed by atoms with Gasteiger partial charge in [-0.2, -0.15) is 0 Å². The Morgan fingerprint density at radius 2 is 2.17 bits per heavy atom. The summed E-state index contributed by atoms with van der Waals surface area (Å²) in [5.74, 6) is 0. The van der Waals surface area contributed by atoms with Crippen LogP contribution in [0.4, 0.5) is 0 Å². The third-order valence-corrected chi connectivity index (χ3v) is 2.59. The molecule has 0 aliphatic carbocycles. The van der Waals surface area contributed by atoms with Crippen LogP contribution in [0.5, 0.6) is 0 Å². The van der Waals surface area contributed by atoms with Crippen molar-refractivity contribution in [1.82, 2.24) is 0 Å². The Bertz CT molecular complexity index is 258. The molecule has 66 valence electrons. The van der Waals surface area contributed by atoms with Gasteiger partial charge in [0.05, 0.1) is 6.61 Å². The lowest BCUT2D eigenvalue weighted by Gasteiger charge is -2.04. The molecule has 0 atom stereocenters. The van der Waals surface area contributed by atoms with Crippen molar-refractivity contribution in [2.45, 2.75) is 26.4 Å². The predicted octanol–water partition coefficient (Wildman–Crippen LogP) is 2.89. The van der Waals surface area contributed by atoms with Gasteiger partial charge >= 0.3 is 0 Å². The molecule has 1 N–H and O–H groups in total. The second-order valence-corrected chi connectivity index (χ2v) is 3.69. The summed E-state index contributed by atoms with van der Waals surface area (Å²) in [5, 5.41) is 8.91. The summed E-state index contributed by atoms with van der Waals surface area (Å²) in [4.78, 5) is 0. The number of hydrogen-bond donors (Lipinski definition) is 1. The van der Waals surface area contributed by atoms with E-state index in [-0.39, 0.29) is 6.61 Å². The van der Waals surface area contributed by atoms with Crippen LogP contribution in [0.15, 0.2) is 22.7 Å². The molecule has 0 heterocycles. The highest BCUT2D eigenvalue weighted by Gasteiger charge is 1.99. The highest BCUT2D eigenvalue weighted by molar-refractivity contribution is 9.10. The van der Waals surface area contributed by atoms with E-state index in [4.69, 9.17) is 5.11 Å². The minimum atomic E-state index is 0.129. The topological polar surface area (TPSA) is 20.2 Å². The molecular weight excluding hydrogens is 216 g/mol. The molecule has 0 saturated heterocycles. The largest absolute Gasteiger partial charge is 0.392 e. The van der Waals surface area contributed by atoms with Crippen LogP contribution in [-0.4, -0.2) is 5.11 Å². The number of aryl methyl sites for hydroxylation is 1. The molecule has 0 fully saturated rings. The van der Waals surface area contributed by atoms with Gasteiger partial charge in [-0.3, -0.25) is 0 Å². The van der Waals surface area contributed by atoms with Gasteiger partial charge in [0.15, 0.2) is 0 Å². The van der Waals surface area contributed by atoms with Crippen molar-refractivity contribution < 1.29 is 5.11 Å². The van der Waals surface area contributed by atoms with Crippen LogP contribution in [0.2, 0.25) is 0 Å². The van der Waals surface area contributed by atoms with Crippen molar-refractivity contribution >= 4 is 15.9 Å². The van der Waals surface area contributed by atoms with Crippen molar-refractivity contribution in [2.75, 3.05) is 0 Å². The van der Waals surface area contributed by atoms with E-state index >= 15 is 0 Å². The fraction of sp³-hybridized carbons (Fsp3) is 0.400. The lowest BCUT2D eigenvalue weighted by atomic mass is 10.1. The number of halogens is 1. The molecule has 12 heavy (non-hydrogen) atoms. The summed E-state index contributed by atoms with van der Waals surface area (Å²) in [5.41, 5.74) is 2.27. The third-order valence-electron chi connectivity index (χ3n) is 1.81. The fourth-order valence-corrected chi connectivity index (χ4v) is 1.63. The smallest absolute Gasteiger partial charge is 0.0681 e. The Morgan fingerprint density at radius 3 is 2.75 bits per heavy atom. The van der Waals surface area contributed by atoms with Crippen molar-refractivity contribution in [3.8, 4) is 0 Å². The number of aliphatic hydroxyl groups excluding tert-OH is 1. The number of hydrogen-bond acceptors (Lipinski definition) is 1. The molecule has 1 nitrogen and oxygen atoms in total. The van der Waals surface area contributed by atoms with Crippen molar-refractivity contribution in [3.63, 3.8) is 0 Å². The maximum atomic E-state index is 8.91. The Morgan fingerprint density at radius 1 is 1.42 bits per heavy atom. The van der Waals surface area contributed by atoms with Gasteiger partial charge in [-0.05, 0) is 23.6 Å². The maximum Gasteiger partial charge on any atom is 0.0681 e. The van der Waals surface area contributed by atoms with E-state index in [0.29, 0.717) is 0 Å². The predicted molar refractivity (Wildman–Crippen MR) is 54.1 cm³/mol. The normalized spacial score (nSPS) is 10.2. The first-order chi connectivity index (χ1) is 5.77. The molecule has 0 bridgehead atoms. The molecule has 0 aliphatic rings. The monoisotopic (exact) mass is 228 g/mol. The zero-order chi connectivity index (χ0) is 8.97. The summed E-state index contributed by atoms with van der Waals surface area (Å²) < 4.78 is 1.14. The maximum absolute atomic E-state index is 8.91. The van der Waals surface area contributed by atoms with Crippen molar-refractivity contribution in [2.24, 2.45) is 0 Å². The lowest BCUT2D eigenvalue weighted by molar-refractivity contribution is 0.281. The number of rotatable bonds is 3. The highest BCUT2D eigenvalue weighted by Crippen LogP contribution is 2.19. The van der Waals surface area contributed by atoms with E-state index in [1.807, 2.05) is 18.2 Å². The lowest BCUT2D eigenvalue weighted by Crippen LogP contribution is -1.89. The molecule has 0 spiro atoms. The highest BCUT2D eigenvalue weighted by atomic mass is 79.9. The quantitative estimate of drug-likeness (QED) is 0.844. The second-order valence-electron chi connectivity index (χ2n) is 2.83. The van der Waals surface area contributed by atoms with Gasteiger partial charge in [-0.1, -0.05) is 41.4 Å².